The molecule has 0 spiro atoms. The Morgan fingerprint density at radius 2 is 1.73 bits per heavy atom. The van der Waals surface area contributed by atoms with Crippen LogP contribution in [0.1, 0.15) is 32.6 Å². The van der Waals surface area contributed by atoms with Crippen LogP contribution < -0.4 is 4.90 Å². The second-order valence-electron chi connectivity index (χ2n) is 7.88. The van der Waals surface area contributed by atoms with Gasteiger partial charge in [-0.05, 0) is 43.7 Å². The third-order valence-corrected chi connectivity index (χ3v) is 5.73. The van der Waals surface area contributed by atoms with E-state index >= 15 is 0 Å². The monoisotopic (exact) mass is 357 g/mol. The van der Waals surface area contributed by atoms with Crippen molar-refractivity contribution in [2.45, 2.75) is 32.6 Å². The number of hydrogen-bond donors (Lipinski definition) is 0. The Morgan fingerprint density at radius 1 is 1.04 bits per heavy atom. The van der Waals surface area contributed by atoms with Gasteiger partial charge in [0.05, 0.1) is 6.54 Å². The number of likely N-dealkylation sites (tertiary alicyclic amines) is 2. The maximum absolute atomic E-state index is 12.8. The lowest BCUT2D eigenvalue weighted by atomic mass is 9.92. The van der Waals surface area contributed by atoms with Crippen molar-refractivity contribution in [1.82, 2.24) is 9.80 Å². The summed E-state index contributed by atoms with van der Waals surface area (Å²) in [6.07, 6.45) is 3.94. The normalized spacial score (nSPS) is 21.5. The van der Waals surface area contributed by atoms with Crippen molar-refractivity contribution >= 4 is 17.5 Å². The summed E-state index contributed by atoms with van der Waals surface area (Å²) in [4.78, 5) is 31.3. The van der Waals surface area contributed by atoms with E-state index < -0.39 is 0 Å². The van der Waals surface area contributed by atoms with Crippen molar-refractivity contribution in [1.29, 1.82) is 0 Å². The summed E-state index contributed by atoms with van der Waals surface area (Å²) in [6, 6.07) is 9.96. The van der Waals surface area contributed by atoms with Gasteiger partial charge in [0.1, 0.15) is 0 Å². The van der Waals surface area contributed by atoms with E-state index in [-0.39, 0.29) is 11.8 Å². The Kier molecular flexibility index (Phi) is 6.17. The van der Waals surface area contributed by atoms with Gasteiger partial charge in [-0.15, -0.1) is 0 Å². The molecule has 3 rings (SSSR count). The Balaban J connectivity index is 1.47. The first kappa shape index (κ1) is 18.7. The van der Waals surface area contributed by atoms with Crippen LogP contribution in [0.5, 0.6) is 0 Å². The van der Waals surface area contributed by atoms with Gasteiger partial charge in [0.2, 0.25) is 11.8 Å². The Bertz CT molecular complexity index is 611. The summed E-state index contributed by atoms with van der Waals surface area (Å²) < 4.78 is 0. The summed E-state index contributed by atoms with van der Waals surface area (Å²) in [5.74, 6) is 1.16. The highest BCUT2D eigenvalue weighted by atomic mass is 16.2. The fourth-order valence-corrected chi connectivity index (χ4v) is 4.10. The van der Waals surface area contributed by atoms with Crippen molar-refractivity contribution in [3.05, 3.63) is 30.3 Å². The van der Waals surface area contributed by atoms with Crippen LogP contribution in [0.2, 0.25) is 0 Å². The number of piperidine rings is 2. The number of rotatable bonds is 4. The van der Waals surface area contributed by atoms with Crippen molar-refractivity contribution in [2.24, 2.45) is 11.8 Å². The number of carbonyl (C=O) groups excluding carboxylic acids is 2. The minimum atomic E-state index is 0.0937. The maximum Gasteiger partial charge on any atom is 0.242 e. The van der Waals surface area contributed by atoms with Gasteiger partial charge in [-0.3, -0.25) is 9.59 Å². The van der Waals surface area contributed by atoms with Crippen molar-refractivity contribution in [2.75, 3.05) is 44.7 Å². The van der Waals surface area contributed by atoms with E-state index in [0.29, 0.717) is 31.5 Å². The smallest absolute Gasteiger partial charge is 0.242 e. The van der Waals surface area contributed by atoms with Crippen LogP contribution >= 0.6 is 0 Å². The molecule has 2 saturated heterocycles. The predicted octanol–water partition coefficient (Wildman–Crippen LogP) is 2.62. The molecule has 1 unspecified atom stereocenters. The summed E-state index contributed by atoms with van der Waals surface area (Å²) in [7, 11) is 1.95. The number of carbonyl (C=O) groups is 2. The molecule has 0 radical (unpaired) electrons. The number of nitrogens with zero attached hydrogens (tertiary/aromatic N) is 3. The van der Waals surface area contributed by atoms with Crippen LogP contribution in [0.25, 0.3) is 0 Å². The lowest BCUT2D eigenvalue weighted by Gasteiger charge is -2.37. The van der Waals surface area contributed by atoms with Crippen molar-refractivity contribution in [3.63, 3.8) is 0 Å². The van der Waals surface area contributed by atoms with E-state index in [2.05, 4.69) is 11.8 Å². The molecule has 5 nitrogen and oxygen atoms in total. The zero-order valence-electron chi connectivity index (χ0n) is 16.1. The number of para-hydroxylation sites is 1. The average Bonchev–Trinajstić information content (AvgIpc) is 2.68. The fourth-order valence-electron chi connectivity index (χ4n) is 4.10. The topological polar surface area (TPSA) is 43.9 Å². The molecule has 2 heterocycles. The van der Waals surface area contributed by atoms with Crippen LogP contribution in [-0.4, -0.2) is 61.4 Å². The molecule has 0 saturated carbocycles. The van der Waals surface area contributed by atoms with Crippen LogP contribution in [0.15, 0.2) is 30.3 Å². The lowest BCUT2D eigenvalue weighted by Crippen LogP contribution is -2.48. The molecule has 2 fully saturated rings. The highest BCUT2D eigenvalue weighted by Gasteiger charge is 2.31. The minimum absolute atomic E-state index is 0.0937. The van der Waals surface area contributed by atoms with E-state index in [9.17, 15) is 9.59 Å². The highest BCUT2D eigenvalue weighted by molar-refractivity contribution is 5.82. The quantitative estimate of drug-likeness (QED) is 0.832. The fraction of sp³-hybridized carbons (Fsp3) is 0.619. The second-order valence-corrected chi connectivity index (χ2v) is 7.88. The lowest BCUT2D eigenvalue weighted by molar-refractivity contribution is -0.141. The molecule has 2 aliphatic heterocycles. The Morgan fingerprint density at radius 3 is 2.38 bits per heavy atom. The van der Waals surface area contributed by atoms with E-state index in [0.717, 1.165) is 38.0 Å². The zero-order valence-corrected chi connectivity index (χ0v) is 16.1. The van der Waals surface area contributed by atoms with Gasteiger partial charge in [0.25, 0.3) is 0 Å². The molecule has 0 bridgehead atoms. The van der Waals surface area contributed by atoms with Crippen molar-refractivity contribution in [3.8, 4) is 0 Å². The third kappa shape index (κ3) is 4.57. The number of benzene rings is 1. The summed E-state index contributed by atoms with van der Waals surface area (Å²) >= 11 is 0. The first-order chi connectivity index (χ1) is 12.5. The molecule has 5 heteroatoms. The van der Waals surface area contributed by atoms with Crippen LogP contribution in [-0.2, 0) is 9.59 Å². The van der Waals surface area contributed by atoms with Crippen LogP contribution in [0.3, 0.4) is 0 Å². The molecule has 2 aliphatic rings. The molecule has 142 valence electrons. The van der Waals surface area contributed by atoms with E-state index in [1.807, 2.05) is 47.2 Å². The molecular formula is C21H31N3O2. The molecule has 1 atom stereocenters. The largest absolute Gasteiger partial charge is 0.365 e. The van der Waals surface area contributed by atoms with Gasteiger partial charge in [-0.1, -0.05) is 25.1 Å². The summed E-state index contributed by atoms with van der Waals surface area (Å²) in [5.41, 5.74) is 1.05. The molecule has 1 aromatic rings. The van der Waals surface area contributed by atoms with Gasteiger partial charge in [-0.2, -0.15) is 0 Å². The third-order valence-electron chi connectivity index (χ3n) is 5.73. The summed E-state index contributed by atoms with van der Waals surface area (Å²) in [5, 5.41) is 0. The number of anilines is 1. The first-order valence-electron chi connectivity index (χ1n) is 9.87. The van der Waals surface area contributed by atoms with Crippen molar-refractivity contribution < 1.29 is 9.59 Å². The van der Waals surface area contributed by atoms with Gasteiger partial charge in [-0.25, -0.2) is 0 Å². The minimum Gasteiger partial charge on any atom is -0.365 e. The van der Waals surface area contributed by atoms with E-state index in [4.69, 9.17) is 0 Å². The molecule has 2 amide bonds. The number of likely N-dealkylation sites (N-methyl/N-ethyl adjacent to an activating group) is 1. The molecule has 1 aromatic carbocycles. The number of amides is 2. The second kappa shape index (κ2) is 8.56. The van der Waals surface area contributed by atoms with E-state index in [1.165, 1.54) is 6.42 Å². The average molecular weight is 357 g/mol. The molecule has 0 aliphatic carbocycles. The summed E-state index contributed by atoms with van der Waals surface area (Å²) in [6.45, 7) is 5.81. The van der Waals surface area contributed by atoms with Crippen LogP contribution in [0.4, 0.5) is 5.69 Å². The maximum atomic E-state index is 12.8. The number of hydrogen-bond acceptors (Lipinski definition) is 3. The van der Waals surface area contributed by atoms with Crippen LogP contribution in [0, 0.1) is 11.8 Å². The Labute approximate surface area is 156 Å². The molecule has 26 heavy (non-hydrogen) atoms. The first-order valence-corrected chi connectivity index (χ1v) is 9.87. The Hall–Kier alpha value is -2.04. The predicted molar refractivity (Wildman–Crippen MR) is 104 cm³/mol. The van der Waals surface area contributed by atoms with Gasteiger partial charge >= 0.3 is 0 Å². The zero-order chi connectivity index (χ0) is 18.5. The standard InChI is InChI=1S/C21H31N3O2/c1-17-7-6-12-24(15-17)21(26)18-10-13-23(14-11-18)20(25)16-22(2)19-8-4-3-5-9-19/h3-5,8-9,17-18H,6-7,10-16H2,1-2H3. The highest BCUT2D eigenvalue weighted by Crippen LogP contribution is 2.24. The van der Waals surface area contributed by atoms with Gasteiger partial charge in [0, 0.05) is 44.8 Å². The molecule has 0 N–H and O–H groups in total. The van der Waals surface area contributed by atoms with Gasteiger partial charge < -0.3 is 14.7 Å². The SMILES string of the molecule is CC1CCCN(C(=O)C2CCN(C(=O)CN(C)c3ccccc3)CC2)C1. The molecular weight excluding hydrogens is 326 g/mol. The van der Waals surface area contributed by atoms with Gasteiger partial charge in [0.15, 0.2) is 0 Å². The molecule has 0 aromatic heterocycles. The van der Waals surface area contributed by atoms with E-state index in [1.54, 1.807) is 0 Å².